The lowest BCUT2D eigenvalue weighted by Gasteiger charge is -2.34. The molecule has 0 radical (unpaired) electrons. The summed E-state index contributed by atoms with van der Waals surface area (Å²) in [5.74, 6) is -0.249. The molecule has 1 aliphatic heterocycles. The van der Waals surface area contributed by atoms with Gasteiger partial charge in [0.1, 0.15) is 0 Å². The predicted octanol–water partition coefficient (Wildman–Crippen LogP) is 1.72. The molecule has 0 atom stereocenters. The lowest BCUT2D eigenvalue weighted by Crippen LogP contribution is -2.52. The molecule has 0 aliphatic carbocycles. The topological polar surface area (TPSA) is 108 Å². The fourth-order valence-electron chi connectivity index (χ4n) is 2.88. The van der Waals surface area contributed by atoms with Crippen molar-refractivity contribution in [1.29, 1.82) is 0 Å². The Balaban J connectivity index is 1.77. The summed E-state index contributed by atoms with van der Waals surface area (Å²) >= 11 is 6.00. The maximum Gasteiger partial charge on any atom is 0.271 e. The first-order chi connectivity index (χ1) is 13.0. The molecule has 10 heteroatoms. The second kappa shape index (κ2) is 9.31. The van der Waals surface area contributed by atoms with E-state index >= 15 is 0 Å². The lowest BCUT2D eigenvalue weighted by molar-refractivity contribution is -0.384. The zero-order valence-corrected chi connectivity index (χ0v) is 17.1. The highest BCUT2D eigenvalue weighted by molar-refractivity contribution is 6.34. The number of hydrogen-bond acceptors (Lipinski definition) is 6. The van der Waals surface area contributed by atoms with Crippen LogP contribution in [0.5, 0.6) is 0 Å². The minimum Gasteiger partial charge on any atom is -0.350 e. The quantitative estimate of drug-likeness (QED) is 0.545. The molecule has 1 aromatic rings. The molecule has 2 amide bonds. The fourth-order valence-corrected chi connectivity index (χ4v) is 3.10. The monoisotopic (exact) mass is 411 g/mol. The largest absolute Gasteiger partial charge is 0.350 e. The molecule has 0 unspecified atom stereocenters. The van der Waals surface area contributed by atoms with Crippen molar-refractivity contribution in [2.75, 3.05) is 44.6 Å². The van der Waals surface area contributed by atoms with E-state index in [1.54, 1.807) is 0 Å². The third kappa shape index (κ3) is 7.06. The van der Waals surface area contributed by atoms with Gasteiger partial charge >= 0.3 is 0 Å². The summed E-state index contributed by atoms with van der Waals surface area (Å²) in [5.41, 5.74) is -0.0415. The van der Waals surface area contributed by atoms with Crippen molar-refractivity contribution in [3.05, 3.63) is 33.3 Å². The van der Waals surface area contributed by atoms with E-state index in [9.17, 15) is 19.7 Å². The van der Waals surface area contributed by atoms with Crippen LogP contribution < -0.4 is 10.6 Å². The van der Waals surface area contributed by atoms with Gasteiger partial charge in [0.05, 0.1) is 28.7 Å². The van der Waals surface area contributed by atoms with Crippen molar-refractivity contribution >= 4 is 34.8 Å². The van der Waals surface area contributed by atoms with E-state index in [2.05, 4.69) is 15.5 Å². The Bertz CT molecular complexity index is 742. The van der Waals surface area contributed by atoms with Gasteiger partial charge < -0.3 is 10.6 Å². The van der Waals surface area contributed by atoms with Crippen LogP contribution in [0.15, 0.2) is 18.2 Å². The van der Waals surface area contributed by atoms with Crippen LogP contribution in [0.4, 0.5) is 11.4 Å². The van der Waals surface area contributed by atoms with Gasteiger partial charge in [-0.05, 0) is 26.8 Å². The number of anilines is 1. The summed E-state index contributed by atoms with van der Waals surface area (Å²) in [5, 5.41) is 16.5. The maximum absolute atomic E-state index is 12.2. The third-order valence-electron chi connectivity index (χ3n) is 4.15. The van der Waals surface area contributed by atoms with E-state index in [1.165, 1.54) is 18.2 Å². The number of amides is 2. The van der Waals surface area contributed by atoms with Gasteiger partial charge in [0.25, 0.3) is 5.69 Å². The van der Waals surface area contributed by atoms with Crippen LogP contribution in [0.3, 0.4) is 0 Å². The molecule has 2 rings (SSSR count). The highest BCUT2D eigenvalue weighted by atomic mass is 35.5. The number of non-ortho nitro benzene ring substituents is 1. The van der Waals surface area contributed by atoms with Crippen LogP contribution in [0, 0.1) is 10.1 Å². The Labute approximate surface area is 169 Å². The number of piperazine rings is 1. The molecule has 1 aliphatic rings. The number of nitro benzene ring substituents is 1. The number of carbonyl (C=O) groups excluding carboxylic acids is 2. The summed E-state index contributed by atoms with van der Waals surface area (Å²) in [4.78, 5) is 38.5. The molecular weight excluding hydrogens is 386 g/mol. The van der Waals surface area contributed by atoms with Gasteiger partial charge in [0.15, 0.2) is 0 Å². The minimum atomic E-state index is -0.543. The molecule has 0 spiro atoms. The fraction of sp³-hybridized carbons (Fsp3) is 0.556. The van der Waals surface area contributed by atoms with Gasteiger partial charge in [-0.2, -0.15) is 0 Å². The zero-order chi connectivity index (χ0) is 20.9. The molecular formula is C18H26ClN5O4. The normalized spacial score (nSPS) is 15.9. The number of rotatable bonds is 6. The molecule has 1 fully saturated rings. The number of benzene rings is 1. The molecule has 0 saturated carbocycles. The van der Waals surface area contributed by atoms with Crippen molar-refractivity contribution in [2.24, 2.45) is 0 Å². The van der Waals surface area contributed by atoms with Crippen LogP contribution in [0.25, 0.3) is 0 Å². The number of carbonyl (C=O) groups is 2. The van der Waals surface area contributed by atoms with Crippen LogP contribution in [0.1, 0.15) is 20.8 Å². The number of nitro groups is 1. The van der Waals surface area contributed by atoms with Gasteiger partial charge in [-0.1, -0.05) is 11.6 Å². The van der Waals surface area contributed by atoms with Gasteiger partial charge in [-0.3, -0.25) is 29.5 Å². The molecule has 1 aromatic carbocycles. The Hall–Kier alpha value is -2.23. The summed E-state index contributed by atoms with van der Waals surface area (Å²) in [6.45, 7) is 9.10. The number of halogens is 1. The first-order valence-electron chi connectivity index (χ1n) is 9.03. The van der Waals surface area contributed by atoms with Crippen LogP contribution in [0.2, 0.25) is 5.02 Å². The summed E-state index contributed by atoms with van der Waals surface area (Å²) < 4.78 is 0. The predicted molar refractivity (Wildman–Crippen MR) is 108 cm³/mol. The summed E-state index contributed by atoms with van der Waals surface area (Å²) in [6, 6.07) is 3.92. The maximum atomic E-state index is 12.2. The SMILES string of the molecule is CC(C)(C)NC(=O)CN1CCN(CC(=O)Nc2ccc([N+](=O)[O-])cc2Cl)CC1. The van der Waals surface area contributed by atoms with Crippen molar-refractivity contribution in [1.82, 2.24) is 15.1 Å². The number of nitrogens with zero attached hydrogens (tertiary/aromatic N) is 3. The molecule has 0 bridgehead atoms. The molecule has 1 heterocycles. The second-order valence-electron chi connectivity index (χ2n) is 7.82. The highest BCUT2D eigenvalue weighted by Crippen LogP contribution is 2.26. The summed E-state index contributed by atoms with van der Waals surface area (Å²) in [6.07, 6.45) is 0. The Kier molecular flexibility index (Phi) is 7.34. The van der Waals surface area contributed by atoms with Gasteiger partial charge in [-0.25, -0.2) is 0 Å². The van der Waals surface area contributed by atoms with Gasteiger partial charge in [0.2, 0.25) is 11.8 Å². The van der Waals surface area contributed by atoms with Crippen molar-refractivity contribution in [3.8, 4) is 0 Å². The Morgan fingerprint density at radius 2 is 1.64 bits per heavy atom. The van der Waals surface area contributed by atoms with Crippen LogP contribution >= 0.6 is 11.6 Å². The molecule has 154 valence electrons. The van der Waals surface area contributed by atoms with Crippen LogP contribution in [-0.2, 0) is 9.59 Å². The van der Waals surface area contributed by atoms with E-state index in [0.717, 1.165) is 0 Å². The van der Waals surface area contributed by atoms with Gasteiger partial charge in [0, 0.05) is 43.9 Å². The Morgan fingerprint density at radius 1 is 1.11 bits per heavy atom. The van der Waals surface area contributed by atoms with E-state index < -0.39 is 4.92 Å². The molecule has 28 heavy (non-hydrogen) atoms. The smallest absolute Gasteiger partial charge is 0.271 e. The number of nitrogens with one attached hydrogen (secondary N) is 2. The van der Waals surface area contributed by atoms with Gasteiger partial charge in [-0.15, -0.1) is 0 Å². The van der Waals surface area contributed by atoms with Crippen molar-refractivity contribution < 1.29 is 14.5 Å². The highest BCUT2D eigenvalue weighted by Gasteiger charge is 2.22. The molecule has 0 aromatic heterocycles. The van der Waals surface area contributed by atoms with Crippen molar-refractivity contribution in [3.63, 3.8) is 0 Å². The lowest BCUT2D eigenvalue weighted by atomic mass is 10.1. The Morgan fingerprint density at radius 3 is 2.11 bits per heavy atom. The number of hydrogen-bond donors (Lipinski definition) is 2. The van der Waals surface area contributed by atoms with Crippen LogP contribution in [-0.4, -0.2) is 71.3 Å². The van der Waals surface area contributed by atoms with Crippen molar-refractivity contribution in [2.45, 2.75) is 26.3 Å². The first kappa shape index (κ1) is 22.1. The third-order valence-corrected chi connectivity index (χ3v) is 4.46. The van der Waals surface area contributed by atoms with E-state index in [1.807, 2.05) is 25.7 Å². The zero-order valence-electron chi connectivity index (χ0n) is 16.3. The first-order valence-corrected chi connectivity index (χ1v) is 9.41. The van der Waals surface area contributed by atoms with E-state index in [0.29, 0.717) is 38.4 Å². The second-order valence-corrected chi connectivity index (χ2v) is 8.23. The molecule has 2 N–H and O–H groups in total. The summed E-state index contributed by atoms with van der Waals surface area (Å²) in [7, 11) is 0. The van der Waals surface area contributed by atoms with E-state index in [-0.39, 0.29) is 34.6 Å². The standard InChI is InChI=1S/C18H26ClN5O4/c1-18(2,3)21-17(26)12-23-8-6-22(7-9-23)11-16(25)20-15-5-4-13(24(27)28)10-14(15)19/h4-5,10H,6-9,11-12H2,1-3H3,(H,20,25)(H,21,26). The average Bonchev–Trinajstić information content (AvgIpc) is 2.56. The minimum absolute atomic E-state index is 0.00786. The molecule has 1 saturated heterocycles. The average molecular weight is 412 g/mol. The van der Waals surface area contributed by atoms with E-state index in [4.69, 9.17) is 11.6 Å². The molecule has 9 nitrogen and oxygen atoms in total.